The van der Waals surface area contributed by atoms with Crippen LogP contribution in [0.1, 0.15) is 38.3 Å². The standard InChI is InChI=1S/C17H20N4O/c1-2-15(22)21-9-3-4-11-12(5-6-14(11)21)16-13-7-8-18-17(13)20-10-19-16/h5,7-8,10-11,14H,2-4,6,9H2,1H3,(H,18,19,20). The molecule has 2 aromatic heterocycles. The highest BCUT2D eigenvalue weighted by atomic mass is 16.2. The molecule has 1 N–H and O–H groups in total. The van der Waals surface area contributed by atoms with Crippen LogP contribution < -0.4 is 0 Å². The first kappa shape index (κ1) is 13.5. The molecule has 5 nitrogen and oxygen atoms in total. The Balaban J connectivity index is 1.70. The van der Waals surface area contributed by atoms with Gasteiger partial charge in [-0.05, 0) is 30.9 Å². The topological polar surface area (TPSA) is 61.9 Å². The van der Waals surface area contributed by atoms with Gasteiger partial charge in [0.25, 0.3) is 0 Å². The van der Waals surface area contributed by atoms with Crippen molar-refractivity contribution in [3.8, 4) is 0 Å². The van der Waals surface area contributed by atoms with Crippen LogP contribution in [-0.4, -0.2) is 38.3 Å². The molecule has 2 unspecified atom stereocenters. The Morgan fingerprint density at radius 3 is 3.23 bits per heavy atom. The number of fused-ring (bicyclic) bond motifs is 2. The lowest BCUT2D eigenvalue weighted by Gasteiger charge is -2.39. The minimum Gasteiger partial charge on any atom is -0.346 e. The van der Waals surface area contributed by atoms with E-state index in [2.05, 4.69) is 25.9 Å². The maximum atomic E-state index is 12.2. The van der Waals surface area contributed by atoms with Crippen LogP contribution in [0, 0.1) is 5.92 Å². The van der Waals surface area contributed by atoms with E-state index in [1.165, 1.54) is 5.57 Å². The summed E-state index contributed by atoms with van der Waals surface area (Å²) in [6.45, 7) is 2.85. The Morgan fingerprint density at radius 1 is 1.45 bits per heavy atom. The molecule has 2 atom stereocenters. The summed E-state index contributed by atoms with van der Waals surface area (Å²) in [6, 6.07) is 2.36. The number of nitrogens with one attached hydrogen (secondary N) is 1. The van der Waals surface area contributed by atoms with Crippen LogP contribution in [-0.2, 0) is 4.79 Å². The zero-order chi connectivity index (χ0) is 15.1. The van der Waals surface area contributed by atoms with E-state index in [-0.39, 0.29) is 5.91 Å². The summed E-state index contributed by atoms with van der Waals surface area (Å²) in [6.07, 6.45) is 9.57. The molecule has 22 heavy (non-hydrogen) atoms. The number of hydrogen-bond acceptors (Lipinski definition) is 3. The van der Waals surface area contributed by atoms with Crippen LogP contribution in [0.4, 0.5) is 0 Å². The van der Waals surface area contributed by atoms with Gasteiger partial charge in [-0.1, -0.05) is 13.0 Å². The van der Waals surface area contributed by atoms with Gasteiger partial charge >= 0.3 is 0 Å². The van der Waals surface area contributed by atoms with Crippen LogP contribution in [0.15, 0.2) is 24.7 Å². The van der Waals surface area contributed by atoms with E-state index in [9.17, 15) is 4.79 Å². The van der Waals surface area contributed by atoms with E-state index >= 15 is 0 Å². The van der Waals surface area contributed by atoms with Crippen molar-refractivity contribution in [2.75, 3.05) is 6.54 Å². The van der Waals surface area contributed by atoms with Crippen molar-refractivity contribution >= 4 is 22.5 Å². The number of piperidine rings is 1. The maximum Gasteiger partial charge on any atom is 0.222 e. The molecular weight excluding hydrogens is 276 g/mol. The van der Waals surface area contributed by atoms with Crippen LogP contribution in [0.25, 0.3) is 16.6 Å². The van der Waals surface area contributed by atoms with Crippen LogP contribution in [0.2, 0.25) is 0 Å². The fraction of sp³-hybridized carbons (Fsp3) is 0.471. The summed E-state index contributed by atoms with van der Waals surface area (Å²) in [7, 11) is 0. The summed E-state index contributed by atoms with van der Waals surface area (Å²) in [5.74, 6) is 0.691. The fourth-order valence-corrected chi connectivity index (χ4v) is 4.00. The van der Waals surface area contributed by atoms with Gasteiger partial charge in [0.1, 0.15) is 12.0 Å². The average Bonchev–Trinajstić information content (AvgIpc) is 3.19. The third kappa shape index (κ3) is 1.95. The van der Waals surface area contributed by atoms with Gasteiger partial charge in [0.15, 0.2) is 0 Å². The summed E-state index contributed by atoms with van der Waals surface area (Å²) in [5, 5.41) is 1.08. The fourth-order valence-electron chi connectivity index (χ4n) is 4.00. The minimum absolute atomic E-state index is 0.277. The highest BCUT2D eigenvalue weighted by molar-refractivity contribution is 5.89. The molecule has 1 saturated heterocycles. The SMILES string of the molecule is CCC(=O)N1CCCC2C(c3ncnc4[nH]ccc34)=CCC21. The molecule has 2 aliphatic rings. The third-order valence-electron chi connectivity index (χ3n) is 5.01. The molecule has 1 fully saturated rings. The van der Waals surface area contributed by atoms with E-state index in [4.69, 9.17) is 0 Å². The van der Waals surface area contributed by atoms with Gasteiger partial charge < -0.3 is 9.88 Å². The van der Waals surface area contributed by atoms with Crippen molar-refractivity contribution < 1.29 is 4.79 Å². The molecule has 1 aliphatic carbocycles. The van der Waals surface area contributed by atoms with E-state index in [0.29, 0.717) is 18.4 Å². The van der Waals surface area contributed by atoms with E-state index in [1.54, 1.807) is 6.33 Å². The first-order valence-electron chi connectivity index (χ1n) is 8.07. The lowest BCUT2D eigenvalue weighted by Crippen LogP contribution is -2.46. The zero-order valence-corrected chi connectivity index (χ0v) is 12.7. The molecule has 114 valence electrons. The van der Waals surface area contributed by atoms with Crippen LogP contribution >= 0.6 is 0 Å². The summed E-state index contributed by atoms with van der Waals surface area (Å²) in [5.41, 5.74) is 3.21. The van der Waals surface area contributed by atoms with E-state index in [0.717, 1.165) is 42.5 Å². The quantitative estimate of drug-likeness (QED) is 0.927. The lowest BCUT2D eigenvalue weighted by atomic mass is 9.85. The molecule has 0 saturated carbocycles. The largest absolute Gasteiger partial charge is 0.346 e. The monoisotopic (exact) mass is 296 g/mol. The number of likely N-dealkylation sites (tertiary alicyclic amines) is 1. The minimum atomic E-state index is 0.277. The molecule has 1 aliphatic heterocycles. The Labute approximate surface area is 129 Å². The smallest absolute Gasteiger partial charge is 0.222 e. The second-order valence-corrected chi connectivity index (χ2v) is 6.11. The molecule has 3 heterocycles. The molecule has 1 amide bonds. The van der Waals surface area contributed by atoms with Crippen molar-refractivity contribution in [3.63, 3.8) is 0 Å². The van der Waals surface area contributed by atoms with Gasteiger partial charge in [-0.2, -0.15) is 0 Å². The first-order chi connectivity index (χ1) is 10.8. The molecular formula is C17H20N4O. The highest BCUT2D eigenvalue weighted by Crippen LogP contribution is 2.43. The molecule has 5 heteroatoms. The number of aromatic nitrogens is 3. The number of carbonyl (C=O) groups is 1. The van der Waals surface area contributed by atoms with Crippen molar-refractivity contribution in [1.82, 2.24) is 19.9 Å². The van der Waals surface area contributed by atoms with Gasteiger partial charge in [-0.15, -0.1) is 0 Å². The third-order valence-corrected chi connectivity index (χ3v) is 5.01. The second-order valence-electron chi connectivity index (χ2n) is 6.11. The number of aromatic amines is 1. The van der Waals surface area contributed by atoms with Gasteiger partial charge in [0.2, 0.25) is 5.91 Å². The van der Waals surface area contributed by atoms with Crippen molar-refractivity contribution in [2.45, 2.75) is 38.6 Å². The normalized spacial score (nSPS) is 24.4. The zero-order valence-electron chi connectivity index (χ0n) is 12.7. The predicted molar refractivity (Wildman–Crippen MR) is 85.0 cm³/mol. The molecule has 0 radical (unpaired) electrons. The summed E-state index contributed by atoms with van der Waals surface area (Å²) < 4.78 is 0. The van der Waals surface area contributed by atoms with Gasteiger partial charge in [0.05, 0.1) is 5.69 Å². The van der Waals surface area contributed by atoms with Gasteiger partial charge in [-0.25, -0.2) is 9.97 Å². The average molecular weight is 296 g/mol. The van der Waals surface area contributed by atoms with Crippen LogP contribution in [0.5, 0.6) is 0 Å². The Bertz CT molecular complexity index is 748. The highest BCUT2D eigenvalue weighted by Gasteiger charge is 2.39. The second kappa shape index (κ2) is 5.23. The van der Waals surface area contributed by atoms with Crippen molar-refractivity contribution in [3.05, 3.63) is 30.4 Å². The molecule has 0 spiro atoms. The van der Waals surface area contributed by atoms with Crippen molar-refractivity contribution in [2.24, 2.45) is 5.92 Å². The number of hydrogen-bond donors (Lipinski definition) is 1. The van der Waals surface area contributed by atoms with Gasteiger partial charge in [-0.3, -0.25) is 4.79 Å². The Kier molecular flexibility index (Phi) is 3.21. The van der Waals surface area contributed by atoms with Gasteiger partial charge in [0, 0.05) is 36.5 Å². The molecule has 0 aromatic carbocycles. The number of amides is 1. The van der Waals surface area contributed by atoms with Crippen molar-refractivity contribution in [1.29, 1.82) is 0 Å². The molecule has 0 bridgehead atoms. The molecule has 2 aromatic rings. The Morgan fingerprint density at radius 2 is 2.36 bits per heavy atom. The molecule has 4 rings (SSSR count). The lowest BCUT2D eigenvalue weighted by molar-refractivity contribution is -0.135. The Hall–Kier alpha value is -2.17. The first-order valence-corrected chi connectivity index (χ1v) is 8.07. The predicted octanol–water partition coefficient (Wildman–Crippen LogP) is 2.76. The van der Waals surface area contributed by atoms with E-state index in [1.807, 2.05) is 19.2 Å². The number of H-pyrrole nitrogens is 1. The van der Waals surface area contributed by atoms with E-state index < -0.39 is 0 Å². The summed E-state index contributed by atoms with van der Waals surface area (Å²) >= 11 is 0. The maximum absolute atomic E-state index is 12.2. The number of carbonyl (C=O) groups excluding carboxylic acids is 1. The number of nitrogens with zero attached hydrogens (tertiary/aromatic N) is 3. The summed E-state index contributed by atoms with van der Waals surface area (Å²) in [4.78, 5) is 26.2. The number of rotatable bonds is 2. The van der Waals surface area contributed by atoms with Crippen LogP contribution in [0.3, 0.4) is 0 Å².